The minimum absolute atomic E-state index is 0.121. The molecule has 54 heavy (non-hydrogen) atoms. The number of rotatable bonds is 9. The van der Waals surface area contributed by atoms with E-state index in [-0.39, 0.29) is 28.5 Å². The molecule has 0 aliphatic carbocycles. The fraction of sp³-hybridized carbons (Fsp3) is 0.190. The van der Waals surface area contributed by atoms with Crippen LogP contribution in [0.5, 0.6) is 5.75 Å². The van der Waals surface area contributed by atoms with Crippen molar-refractivity contribution in [1.29, 1.82) is 0 Å². The van der Waals surface area contributed by atoms with Crippen LogP contribution < -0.4 is 15.4 Å². The van der Waals surface area contributed by atoms with Crippen molar-refractivity contribution >= 4 is 51.7 Å². The third kappa shape index (κ3) is 7.34. The molecule has 4 aromatic carbocycles. The summed E-state index contributed by atoms with van der Waals surface area (Å²) in [6, 6.07) is 22.9. The van der Waals surface area contributed by atoms with Gasteiger partial charge in [-0.25, -0.2) is 9.59 Å². The number of carbonyl (C=O) groups is 4. The fourth-order valence-corrected chi connectivity index (χ4v) is 7.32. The number of aliphatic hydroxyl groups excluding tert-OH is 1. The molecule has 6 aromatic rings. The van der Waals surface area contributed by atoms with E-state index in [4.69, 9.17) is 19.3 Å². The minimum atomic E-state index is -0.662. The van der Waals surface area contributed by atoms with Crippen molar-refractivity contribution in [3.8, 4) is 38.4 Å². The van der Waals surface area contributed by atoms with Crippen molar-refractivity contribution in [2.75, 3.05) is 33.2 Å². The van der Waals surface area contributed by atoms with Gasteiger partial charge in [-0.3, -0.25) is 9.59 Å². The molecule has 2 aromatic heterocycles. The number of amides is 2. The summed E-state index contributed by atoms with van der Waals surface area (Å²) in [6.07, 6.45) is 1.81. The van der Waals surface area contributed by atoms with Crippen LogP contribution in [0.25, 0.3) is 43.6 Å². The minimum Gasteiger partial charge on any atom is -0.488 e. The van der Waals surface area contributed by atoms with Crippen molar-refractivity contribution in [3.05, 3.63) is 118 Å². The van der Waals surface area contributed by atoms with Crippen molar-refractivity contribution in [2.24, 2.45) is 5.92 Å². The number of ether oxygens (including phenoxy) is 3. The van der Waals surface area contributed by atoms with Crippen LogP contribution in [-0.2, 0) is 16.1 Å². The molecule has 3 heterocycles. The zero-order valence-corrected chi connectivity index (χ0v) is 31.2. The van der Waals surface area contributed by atoms with Gasteiger partial charge in [-0.05, 0) is 88.7 Å². The molecule has 1 aliphatic rings. The molecular weight excluding hydrogens is 707 g/mol. The van der Waals surface area contributed by atoms with Crippen molar-refractivity contribution in [1.82, 2.24) is 10.3 Å². The second-order valence-corrected chi connectivity index (χ2v) is 13.7. The zero-order valence-electron chi connectivity index (χ0n) is 30.4. The predicted molar refractivity (Wildman–Crippen MR) is 209 cm³/mol. The highest BCUT2D eigenvalue weighted by Gasteiger charge is 2.28. The van der Waals surface area contributed by atoms with Gasteiger partial charge < -0.3 is 34.9 Å². The maximum Gasteiger partial charge on any atom is 0.338 e. The molecule has 1 aliphatic heterocycles. The number of esters is 2. The number of aromatic amines is 1. The van der Waals surface area contributed by atoms with E-state index in [0.29, 0.717) is 52.4 Å². The molecule has 0 saturated carbocycles. The second-order valence-electron chi connectivity index (χ2n) is 12.8. The largest absolute Gasteiger partial charge is 0.488 e. The standard InChI is InChI=1S/C41H35N3O7S.CH4O/c1-22(2)20-43-38(45)24-8-9-27(31(17-24)41(48)50-4)29-19-35-32(37-26(21-51-35)13-15-52-37)18-30(29)39(46)44-34-11-10-33-28(12-14-42-33)36(34)23-6-5-7-25(16-23)40(47)49-3;1-2/h5-19,22,42H,20-21H2,1-4H3,(H,43,45)(H,44,46);2H,1H3. The Hall–Kier alpha value is -6.24. The van der Waals surface area contributed by atoms with E-state index in [2.05, 4.69) is 15.6 Å². The highest BCUT2D eigenvalue weighted by atomic mass is 32.1. The Labute approximate surface area is 315 Å². The molecule has 0 atom stereocenters. The van der Waals surface area contributed by atoms with Crippen LogP contribution in [0.2, 0.25) is 0 Å². The Kier molecular flexibility index (Phi) is 11.2. The van der Waals surface area contributed by atoms with E-state index in [1.807, 2.05) is 49.7 Å². The van der Waals surface area contributed by atoms with Gasteiger partial charge in [0.05, 0.1) is 25.3 Å². The molecule has 11 nitrogen and oxygen atoms in total. The van der Waals surface area contributed by atoms with E-state index in [1.165, 1.54) is 20.3 Å². The first-order valence-corrected chi connectivity index (χ1v) is 18.0. The van der Waals surface area contributed by atoms with Crippen LogP contribution in [0.1, 0.15) is 60.8 Å². The lowest BCUT2D eigenvalue weighted by Gasteiger charge is -2.22. The van der Waals surface area contributed by atoms with E-state index in [9.17, 15) is 19.2 Å². The van der Waals surface area contributed by atoms with Crippen molar-refractivity contribution < 1.29 is 38.5 Å². The number of thiophene rings is 1. The van der Waals surface area contributed by atoms with Gasteiger partial charge in [0.25, 0.3) is 11.8 Å². The summed E-state index contributed by atoms with van der Waals surface area (Å²) in [4.78, 5) is 57.7. The van der Waals surface area contributed by atoms with Crippen molar-refractivity contribution in [3.63, 3.8) is 0 Å². The highest BCUT2D eigenvalue weighted by Crippen LogP contribution is 2.45. The molecule has 0 radical (unpaired) electrons. The highest BCUT2D eigenvalue weighted by molar-refractivity contribution is 7.13. The Balaban J connectivity index is 0.00000245. The maximum absolute atomic E-state index is 14.7. The quantitative estimate of drug-likeness (QED) is 0.109. The third-order valence-electron chi connectivity index (χ3n) is 8.94. The van der Waals surface area contributed by atoms with Gasteiger partial charge in [-0.1, -0.05) is 32.0 Å². The molecule has 2 amide bonds. The number of nitrogens with one attached hydrogen (secondary N) is 3. The number of aromatic nitrogens is 1. The van der Waals surface area contributed by atoms with E-state index in [0.717, 1.165) is 34.0 Å². The molecule has 0 fully saturated rings. The summed E-state index contributed by atoms with van der Waals surface area (Å²) in [5.41, 5.74) is 6.36. The SMILES string of the molecule is CO.COC(=O)c1cccc(-c2c(NC(=O)c3cc4c(cc3-c3ccc(C(=O)NCC(C)C)cc3C(=O)OC)OCc3ccsc3-4)ccc3[nH]ccc23)c1. The smallest absolute Gasteiger partial charge is 0.338 e. The molecule has 0 bridgehead atoms. The molecular formula is C42H39N3O8S. The number of carbonyl (C=O) groups excluding carboxylic acids is 4. The number of aliphatic hydroxyl groups is 1. The van der Waals surface area contributed by atoms with E-state index >= 15 is 0 Å². The average Bonchev–Trinajstić information content (AvgIpc) is 3.90. The summed E-state index contributed by atoms with van der Waals surface area (Å²) in [5, 5.41) is 15.8. The second kappa shape index (κ2) is 16.2. The van der Waals surface area contributed by atoms with Crippen LogP contribution in [-0.4, -0.2) is 61.7 Å². The number of fused-ring (bicyclic) bond motifs is 4. The summed E-state index contributed by atoms with van der Waals surface area (Å²) in [7, 11) is 3.60. The van der Waals surface area contributed by atoms with Crippen LogP contribution in [0.3, 0.4) is 0 Å². The van der Waals surface area contributed by atoms with E-state index in [1.54, 1.807) is 59.9 Å². The van der Waals surface area contributed by atoms with Gasteiger partial charge in [0.1, 0.15) is 12.4 Å². The number of methoxy groups -OCH3 is 2. The topological polar surface area (TPSA) is 156 Å². The number of hydrogen-bond donors (Lipinski definition) is 4. The molecule has 0 saturated heterocycles. The summed E-state index contributed by atoms with van der Waals surface area (Å²) >= 11 is 1.55. The first-order chi connectivity index (χ1) is 26.2. The molecule has 0 spiro atoms. The van der Waals surface area contributed by atoms with E-state index < -0.39 is 17.8 Å². The van der Waals surface area contributed by atoms with Gasteiger partial charge in [0, 0.05) is 69.1 Å². The lowest BCUT2D eigenvalue weighted by atomic mass is 9.90. The van der Waals surface area contributed by atoms with Crippen LogP contribution >= 0.6 is 11.3 Å². The number of benzene rings is 4. The Morgan fingerprint density at radius 2 is 1.63 bits per heavy atom. The predicted octanol–water partition coefficient (Wildman–Crippen LogP) is 7.94. The monoisotopic (exact) mass is 745 g/mol. The lowest BCUT2D eigenvalue weighted by Crippen LogP contribution is -2.27. The Bertz CT molecular complexity index is 2390. The summed E-state index contributed by atoms with van der Waals surface area (Å²) in [6.45, 7) is 4.81. The lowest BCUT2D eigenvalue weighted by molar-refractivity contribution is 0.0592. The van der Waals surface area contributed by atoms with Gasteiger partial charge in [-0.15, -0.1) is 11.3 Å². The van der Waals surface area contributed by atoms with Gasteiger partial charge in [0.2, 0.25) is 0 Å². The van der Waals surface area contributed by atoms with Crippen LogP contribution in [0.15, 0.2) is 90.4 Å². The number of anilines is 1. The molecule has 12 heteroatoms. The molecule has 7 rings (SSSR count). The van der Waals surface area contributed by atoms with Gasteiger partial charge in [0.15, 0.2) is 0 Å². The molecule has 0 unspecified atom stereocenters. The molecule has 4 N–H and O–H groups in total. The third-order valence-corrected chi connectivity index (χ3v) is 9.93. The average molecular weight is 746 g/mol. The summed E-state index contributed by atoms with van der Waals surface area (Å²) < 4.78 is 16.3. The van der Waals surface area contributed by atoms with Crippen LogP contribution in [0.4, 0.5) is 5.69 Å². The Morgan fingerprint density at radius 3 is 2.39 bits per heavy atom. The first-order valence-electron chi connectivity index (χ1n) is 17.1. The van der Waals surface area contributed by atoms with Crippen LogP contribution in [0, 0.1) is 5.92 Å². The Morgan fingerprint density at radius 1 is 0.833 bits per heavy atom. The van der Waals surface area contributed by atoms with Gasteiger partial charge in [-0.2, -0.15) is 0 Å². The number of H-pyrrole nitrogens is 1. The maximum atomic E-state index is 14.7. The fourth-order valence-electron chi connectivity index (χ4n) is 6.38. The first kappa shape index (κ1) is 37.5. The summed E-state index contributed by atoms with van der Waals surface area (Å²) in [5.74, 6) is -1.12. The number of hydrogen-bond acceptors (Lipinski definition) is 9. The zero-order chi connectivity index (χ0) is 38.5. The normalized spacial score (nSPS) is 11.4. The molecule has 276 valence electrons. The van der Waals surface area contributed by atoms with Crippen molar-refractivity contribution in [2.45, 2.75) is 20.5 Å². The van der Waals surface area contributed by atoms with Gasteiger partial charge >= 0.3 is 11.9 Å².